The molecule has 0 heterocycles. The van der Waals surface area contributed by atoms with Gasteiger partial charge in [-0.1, -0.05) is 22.0 Å². The van der Waals surface area contributed by atoms with E-state index in [-0.39, 0.29) is 6.61 Å². The Labute approximate surface area is 93.5 Å². The smallest absolute Gasteiger partial charge is 0.0443 e. The van der Waals surface area contributed by atoms with E-state index in [1.165, 1.54) is 11.1 Å². The predicted molar refractivity (Wildman–Crippen MR) is 62.3 cm³/mol. The van der Waals surface area contributed by atoms with E-state index in [1.54, 1.807) is 0 Å². The Morgan fingerprint density at radius 1 is 1.43 bits per heavy atom. The molecule has 0 amide bonds. The molecule has 2 nitrogen and oxygen atoms in total. The molecule has 3 heteroatoms. The summed E-state index contributed by atoms with van der Waals surface area (Å²) < 4.78 is 1.12. The number of aryl methyl sites for hydroxylation is 1. The number of aliphatic hydroxyl groups excluding tert-OH is 1. The SMILES string of the molecule is Cc1cc(Br)ccc1CNCCCO. The van der Waals surface area contributed by atoms with Crippen LogP contribution in [0.3, 0.4) is 0 Å². The van der Waals surface area contributed by atoms with Gasteiger partial charge in [-0.3, -0.25) is 0 Å². The molecule has 1 aromatic rings. The summed E-state index contributed by atoms with van der Waals surface area (Å²) in [5.41, 5.74) is 2.60. The van der Waals surface area contributed by atoms with Gasteiger partial charge >= 0.3 is 0 Å². The first kappa shape index (κ1) is 11.7. The average molecular weight is 258 g/mol. The fraction of sp³-hybridized carbons (Fsp3) is 0.455. The van der Waals surface area contributed by atoms with Gasteiger partial charge in [0.25, 0.3) is 0 Å². The topological polar surface area (TPSA) is 32.3 Å². The third-order valence-electron chi connectivity index (χ3n) is 2.13. The largest absolute Gasteiger partial charge is 0.396 e. The summed E-state index contributed by atoms with van der Waals surface area (Å²) in [5, 5.41) is 11.9. The van der Waals surface area contributed by atoms with Crippen molar-refractivity contribution in [2.45, 2.75) is 19.9 Å². The van der Waals surface area contributed by atoms with Crippen LogP contribution >= 0.6 is 15.9 Å². The van der Waals surface area contributed by atoms with Gasteiger partial charge in [0.1, 0.15) is 0 Å². The minimum Gasteiger partial charge on any atom is -0.396 e. The molecule has 0 saturated heterocycles. The number of nitrogens with one attached hydrogen (secondary N) is 1. The Kier molecular flexibility index (Phi) is 5.15. The first-order valence-corrected chi connectivity index (χ1v) is 5.60. The molecule has 14 heavy (non-hydrogen) atoms. The quantitative estimate of drug-likeness (QED) is 0.794. The van der Waals surface area contributed by atoms with E-state index < -0.39 is 0 Å². The highest BCUT2D eigenvalue weighted by Gasteiger charge is 1.97. The maximum absolute atomic E-state index is 8.61. The van der Waals surface area contributed by atoms with Crippen molar-refractivity contribution in [2.24, 2.45) is 0 Å². The van der Waals surface area contributed by atoms with Gasteiger partial charge in [0, 0.05) is 17.6 Å². The molecule has 0 aromatic heterocycles. The Hall–Kier alpha value is -0.380. The molecule has 0 aliphatic carbocycles. The highest BCUT2D eigenvalue weighted by atomic mass is 79.9. The summed E-state index contributed by atoms with van der Waals surface area (Å²) in [4.78, 5) is 0. The van der Waals surface area contributed by atoms with Crippen LogP contribution in [0.1, 0.15) is 17.5 Å². The minimum atomic E-state index is 0.256. The van der Waals surface area contributed by atoms with Crippen molar-refractivity contribution < 1.29 is 5.11 Å². The highest BCUT2D eigenvalue weighted by molar-refractivity contribution is 9.10. The van der Waals surface area contributed by atoms with Crippen LogP contribution in [0.15, 0.2) is 22.7 Å². The number of hydrogen-bond donors (Lipinski definition) is 2. The van der Waals surface area contributed by atoms with Crippen LogP contribution in [-0.4, -0.2) is 18.3 Å². The van der Waals surface area contributed by atoms with E-state index in [4.69, 9.17) is 5.11 Å². The van der Waals surface area contributed by atoms with Crippen LogP contribution in [0.4, 0.5) is 0 Å². The summed E-state index contributed by atoms with van der Waals surface area (Å²) in [5.74, 6) is 0. The molecule has 0 bridgehead atoms. The number of rotatable bonds is 5. The van der Waals surface area contributed by atoms with Gasteiger partial charge < -0.3 is 10.4 Å². The zero-order valence-corrected chi connectivity index (χ0v) is 9.97. The predicted octanol–water partition coefficient (Wildman–Crippen LogP) is 2.23. The van der Waals surface area contributed by atoms with Crippen molar-refractivity contribution in [1.29, 1.82) is 0 Å². The molecule has 1 aromatic carbocycles. The Morgan fingerprint density at radius 3 is 2.86 bits per heavy atom. The molecule has 0 atom stereocenters. The van der Waals surface area contributed by atoms with Crippen LogP contribution in [0.2, 0.25) is 0 Å². The van der Waals surface area contributed by atoms with E-state index in [9.17, 15) is 0 Å². The molecule has 0 fully saturated rings. The van der Waals surface area contributed by atoms with E-state index in [2.05, 4.69) is 46.4 Å². The van der Waals surface area contributed by atoms with Crippen LogP contribution < -0.4 is 5.32 Å². The molecular formula is C11H16BrNO. The fourth-order valence-electron chi connectivity index (χ4n) is 1.28. The van der Waals surface area contributed by atoms with Gasteiger partial charge in [0.15, 0.2) is 0 Å². The third-order valence-corrected chi connectivity index (χ3v) is 2.63. The maximum atomic E-state index is 8.61. The Balaban J connectivity index is 2.42. The Morgan fingerprint density at radius 2 is 2.21 bits per heavy atom. The van der Waals surface area contributed by atoms with E-state index in [1.807, 2.05) is 0 Å². The molecule has 0 spiro atoms. The summed E-state index contributed by atoms with van der Waals surface area (Å²) in [6.45, 7) is 4.10. The molecule has 0 aliphatic heterocycles. The van der Waals surface area contributed by atoms with Gasteiger partial charge in [-0.2, -0.15) is 0 Å². The summed E-state index contributed by atoms with van der Waals surface area (Å²) in [6.07, 6.45) is 0.815. The van der Waals surface area contributed by atoms with E-state index >= 15 is 0 Å². The van der Waals surface area contributed by atoms with Gasteiger partial charge in [0.2, 0.25) is 0 Å². The van der Waals surface area contributed by atoms with Gasteiger partial charge in [-0.15, -0.1) is 0 Å². The van der Waals surface area contributed by atoms with E-state index in [0.29, 0.717) is 0 Å². The number of halogens is 1. The number of hydrogen-bond acceptors (Lipinski definition) is 2. The molecule has 0 aliphatic rings. The summed E-state index contributed by atoms with van der Waals surface area (Å²) in [7, 11) is 0. The molecule has 0 radical (unpaired) electrons. The van der Waals surface area contributed by atoms with Gasteiger partial charge in [0.05, 0.1) is 0 Å². The summed E-state index contributed by atoms with van der Waals surface area (Å²) >= 11 is 3.44. The van der Waals surface area contributed by atoms with Crippen LogP contribution in [-0.2, 0) is 6.54 Å². The molecule has 2 N–H and O–H groups in total. The molecular weight excluding hydrogens is 242 g/mol. The van der Waals surface area contributed by atoms with Crippen LogP contribution in [0.25, 0.3) is 0 Å². The van der Waals surface area contributed by atoms with Crippen molar-refractivity contribution in [2.75, 3.05) is 13.2 Å². The second-order valence-corrected chi connectivity index (χ2v) is 4.24. The second kappa shape index (κ2) is 6.17. The normalized spacial score (nSPS) is 10.5. The lowest BCUT2D eigenvalue weighted by Crippen LogP contribution is -2.16. The van der Waals surface area contributed by atoms with Crippen molar-refractivity contribution in [3.05, 3.63) is 33.8 Å². The standard InChI is InChI=1S/C11H16BrNO/c1-9-7-11(12)4-3-10(9)8-13-5-2-6-14/h3-4,7,13-14H,2,5-6,8H2,1H3. The zero-order chi connectivity index (χ0) is 10.4. The second-order valence-electron chi connectivity index (χ2n) is 3.32. The number of benzene rings is 1. The van der Waals surface area contributed by atoms with Gasteiger partial charge in [-0.25, -0.2) is 0 Å². The number of aliphatic hydroxyl groups is 1. The fourth-order valence-corrected chi connectivity index (χ4v) is 1.76. The van der Waals surface area contributed by atoms with Crippen molar-refractivity contribution in [1.82, 2.24) is 5.32 Å². The molecule has 0 saturated carbocycles. The van der Waals surface area contributed by atoms with Crippen molar-refractivity contribution in [3.63, 3.8) is 0 Å². The third kappa shape index (κ3) is 3.78. The lowest BCUT2D eigenvalue weighted by Gasteiger charge is -2.07. The van der Waals surface area contributed by atoms with Gasteiger partial charge in [-0.05, 0) is 43.1 Å². The first-order chi connectivity index (χ1) is 6.74. The maximum Gasteiger partial charge on any atom is 0.0443 e. The average Bonchev–Trinajstić information content (AvgIpc) is 2.15. The van der Waals surface area contributed by atoms with Crippen molar-refractivity contribution in [3.8, 4) is 0 Å². The molecule has 0 unspecified atom stereocenters. The zero-order valence-electron chi connectivity index (χ0n) is 8.39. The van der Waals surface area contributed by atoms with E-state index in [0.717, 1.165) is 24.0 Å². The summed E-state index contributed by atoms with van der Waals surface area (Å²) in [6, 6.07) is 6.28. The lowest BCUT2D eigenvalue weighted by atomic mass is 10.1. The van der Waals surface area contributed by atoms with Crippen LogP contribution in [0, 0.1) is 6.92 Å². The minimum absolute atomic E-state index is 0.256. The molecule has 1 rings (SSSR count). The molecule has 78 valence electrons. The highest BCUT2D eigenvalue weighted by Crippen LogP contribution is 2.15. The lowest BCUT2D eigenvalue weighted by molar-refractivity contribution is 0.286. The van der Waals surface area contributed by atoms with Crippen LogP contribution in [0.5, 0.6) is 0 Å². The Bertz CT molecular complexity index is 289. The van der Waals surface area contributed by atoms with Crippen molar-refractivity contribution >= 4 is 15.9 Å². The first-order valence-electron chi connectivity index (χ1n) is 4.80. The monoisotopic (exact) mass is 257 g/mol.